The molecule has 2 aromatic heterocycles. The fraction of sp³-hybridized carbons (Fsp3) is 0.0952. The van der Waals surface area contributed by atoms with Gasteiger partial charge in [-0.3, -0.25) is 14.0 Å². The molecule has 0 atom stereocenters. The third kappa shape index (κ3) is 3.02. The smallest absolute Gasteiger partial charge is 0.293 e. The van der Waals surface area contributed by atoms with E-state index < -0.39 is 28.6 Å². The van der Waals surface area contributed by atoms with E-state index in [9.17, 15) is 18.4 Å². The van der Waals surface area contributed by atoms with E-state index in [4.69, 9.17) is 0 Å². The van der Waals surface area contributed by atoms with Gasteiger partial charge >= 0.3 is 5.69 Å². The topological polar surface area (TPSA) is 61.8 Å². The molecule has 144 valence electrons. The van der Waals surface area contributed by atoms with Crippen LogP contribution in [0.15, 0.2) is 58.3 Å². The lowest BCUT2D eigenvalue weighted by Crippen LogP contribution is -2.39. The number of benzene rings is 2. The molecule has 0 fully saturated rings. The molecular weight excluding hydrogens is 378 g/mol. The van der Waals surface area contributed by atoms with Gasteiger partial charge in [-0.25, -0.2) is 18.1 Å². The Balaban J connectivity index is 1.92. The first-order valence-corrected chi connectivity index (χ1v) is 8.58. The van der Waals surface area contributed by atoms with Crippen LogP contribution in [0.5, 0.6) is 0 Å². The standard InChI is InChI=1S/C21H14F2N4O2/c1-25-17-12-24-26(2)19(17)20(28)27(21(25)29)18-15(22)10-14(11-16(18)23)9-8-13-6-4-3-5-7-13/h3-7,10-12H,1-2H3. The van der Waals surface area contributed by atoms with Crippen LogP contribution in [0.4, 0.5) is 8.78 Å². The Bertz CT molecular complexity index is 1410. The van der Waals surface area contributed by atoms with Gasteiger partial charge in [0.05, 0.1) is 11.7 Å². The lowest BCUT2D eigenvalue weighted by molar-refractivity contribution is 0.558. The molecule has 6 nitrogen and oxygen atoms in total. The van der Waals surface area contributed by atoms with Gasteiger partial charge in [-0.15, -0.1) is 0 Å². The molecule has 0 aliphatic heterocycles. The molecule has 2 heterocycles. The zero-order valence-corrected chi connectivity index (χ0v) is 15.5. The summed E-state index contributed by atoms with van der Waals surface area (Å²) in [5.74, 6) is 3.35. The van der Waals surface area contributed by atoms with Crippen molar-refractivity contribution in [1.82, 2.24) is 18.9 Å². The van der Waals surface area contributed by atoms with Crippen LogP contribution < -0.4 is 11.2 Å². The Labute approximate surface area is 163 Å². The van der Waals surface area contributed by atoms with Crippen LogP contribution in [-0.4, -0.2) is 18.9 Å². The van der Waals surface area contributed by atoms with Crippen LogP contribution in [0.25, 0.3) is 16.7 Å². The van der Waals surface area contributed by atoms with Crippen molar-refractivity contribution in [2.45, 2.75) is 0 Å². The summed E-state index contributed by atoms with van der Waals surface area (Å²) in [5.41, 5.74) is -1.39. The second kappa shape index (κ2) is 6.87. The summed E-state index contributed by atoms with van der Waals surface area (Å²) in [4.78, 5) is 25.5. The summed E-state index contributed by atoms with van der Waals surface area (Å²) in [6.07, 6.45) is 1.34. The van der Waals surface area contributed by atoms with Crippen LogP contribution >= 0.6 is 0 Å². The van der Waals surface area contributed by atoms with Crippen molar-refractivity contribution in [3.05, 3.63) is 92.3 Å². The summed E-state index contributed by atoms with van der Waals surface area (Å²) in [6.45, 7) is 0. The quantitative estimate of drug-likeness (QED) is 0.466. The van der Waals surface area contributed by atoms with Crippen LogP contribution in [0.2, 0.25) is 0 Å². The van der Waals surface area contributed by atoms with Crippen molar-refractivity contribution in [2.24, 2.45) is 14.1 Å². The molecule has 0 aliphatic rings. The molecule has 0 saturated carbocycles. The number of hydrogen-bond acceptors (Lipinski definition) is 3. The number of hydrogen-bond donors (Lipinski definition) is 0. The highest BCUT2D eigenvalue weighted by atomic mass is 19.1. The van der Waals surface area contributed by atoms with E-state index in [0.29, 0.717) is 10.1 Å². The number of fused-ring (bicyclic) bond motifs is 1. The maximum Gasteiger partial charge on any atom is 0.336 e. The van der Waals surface area contributed by atoms with Gasteiger partial charge in [0.15, 0.2) is 17.2 Å². The highest BCUT2D eigenvalue weighted by Gasteiger charge is 2.21. The third-order valence-electron chi connectivity index (χ3n) is 4.53. The largest absolute Gasteiger partial charge is 0.336 e. The van der Waals surface area contributed by atoms with Gasteiger partial charge < -0.3 is 0 Å². The van der Waals surface area contributed by atoms with Gasteiger partial charge in [-0.05, 0) is 24.3 Å². The number of nitrogens with zero attached hydrogens (tertiary/aromatic N) is 4. The van der Waals surface area contributed by atoms with E-state index in [1.165, 1.54) is 25.0 Å². The number of halogens is 2. The zero-order valence-electron chi connectivity index (χ0n) is 15.5. The molecule has 8 heteroatoms. The molecule has 0 amide bonds. The molecule has 0 saturated heterocycles. The average molecular weight is 392 g/mol. The summed E-state index contributed by atoms with van der Waals surface area (Å²) in [6, 6.07) is 10.9. The van der Waals surface area contributed by atoms with Crippen molar-refractivity contribution in [3.63, 3.8) is 0 Å². The Morgan fingerprint density at radius 1 is 0.931 bits per heavy atom. The van der Waals surface area contributed by atoms with Crippen molar-refractivity contribution in [3.8, 4) is 17.5 Å². The molecule has 0 N–H and O–H groups in total. The number of aromatic nitrogens is 4. The van der Waals surface area contributed by atoms with E-state index in [-0.39, 0.29) is 16.6 Å². The zero-order chi connectivity index (χ0) is 20.7. The summed E-state index contributed by atoms with van der Waals surface area (Å²) >= 11 is 0. The van der Waals surface area contributed by atoms with Gasteiger partial charge in [0, 0.05) is 25.2 Å². The molecule has 0 spiro atoms. The third-order valence-corrected chi connectivity index (χ3v) is 4.53. The first-order valence-electron chi connectivity index (χ1n) is 8.58. The first kappa shape index (κ1) is 18.4. The average Bonchev–Trinajstić information content (AvgIpc) is 3.09. The Kier molecular flexibility index (Phi) is 4.35. The van der Waals surface area contributed by atoms with Crippen LogP contribution in [0, 0.1) is 23.5 Å². The lowest BCUT2D eigenvalue weighted by Gasteiger charge is -2.11. The predicted molar refractivity (Wildman–Crippen MR) is 104 cm³/mol. The van der Waals surface area contributed by atoms with Crippen molar-refractivity contribution < 1.29 is 8.78 Å². The molecule has 0 bridgehead atoms. The van der Waals surface area contributed by atoms with Crippen molar-refractivity contribution in [2.75, 3.05) is 0 Å². The summed E-state index contributed by atoms with van der Waals surface area (Å²) < 4.78 is 32.5. The maximum absolute atomic E-state index is 14.8. The summed E-state index contributed by atoms with van der Waals surface area (Å²) in [7, 11) is 2.91. The molecule has 0 unspecified atom stereocenters. The molecule has 29 heavy (non-hydrogen) atoms. The van der Waals surface area contributed by atoms with Gasteiger partial charge in [-0.1, -0.05) is 30.0 Å². The van der Waals surface area contributed by atoms with Crippen LogP contribution in [0.3, 0.4) is 0 Å². The minimum absolute atomic E-state index is 0.0545. The van der Waals surface area contributed by atoms with Gasteiger partial charge in [0.1, 0.15) is 5.69 Å². The minimum atomic E-state index is -1.07. The highest BCUT2D eigenvalue weighted by Crippen LogP contribution is 2.18. The number of aryl methyl sites for hydroxylation is 2. The highest BCUT2D eigenvalue weighted by molar-refractivity contribution is 5.73. The SMILES string of the molecule is Cn1ncc2c1c(=O)n(-c1c(F)cc(C#Cc3ccccc3)cc1F)c(=O)n2C. The van der Waals surface area contributed by atoms with Crippen molar-refractivity contribution >= 4 is 11.0 Å². The van der Waals surface area contributed by atoms with Gasteiger partial charge in [0.2, 0.25) is 0 Å². The van der Waals surface area contributed by atoms with E-state index in [0.717, 1.165) is 16.7 Å². The van der Waals surface area contributed by atoms with Gasteiger partial charge in [-0.2, -0.15) is 5.10 Å². The predicted octanol–water partition coefficient (Wildman–Crippen LogP) is 2.10. The molecule has 2 aromatic carbocycles. The first-order chi connectivity index (χ1) is 13.9. The molecular formula is C21H14F2N4O2. The Morgan fingerprint density at radius 3 is 2.21 bits per heavy atom. The van der Waals surface area contributed by atoms with Crippen LogP contribution in [0.1, 0.15) is 11.1 Å². The Morgan fingerprint density at radius 2 is 1.55 bits per heavy atom. The summed E-state index contributed by atoms with van der Waals surface area (Å²) in [5, 5.41) is 3.94. The fourth-order valence-corrected chi connectivity index (χ4v) is 3.08. The fourth-order valence-electron chi connectivity index (χ4n) is 3.08. The van der Waals surface area contributed by atoms with Crippen molar-refractivity contribution in [1.29, 1.82) is 0 Å². The second-order valence-electron chi connectivity index (χ2n) is 6.39. The molecule has 0 radical (unpaired) electrons. The second-order valence-corrected chi connectivity index (χ2v) is 6.39. The monoisotopic (exact) mass is 392 g/mol. The van der Waals surface area contributed by atoms with E-state index in [1.807, 2.05) is 6.07 Å². The maximum atomic E-state index is 14.8. The van der Waals surface area contributed by atoms with E-state index >= 15 is 0 Å². The molecule has 4 aromatic rings. The van der Waals surface area contributed by atoms with Crippen LogP contribution in [-0.2, 0) is 14.1 Å². The molecule has 0 aliphatic carbocycles. The van der Waals surface area contributed by atoms with Gasteiger partial charge in [0.25, 0.3) is 5.56 Å². The normalized spacial score (nSPS) is 10.8. The number of rotatable bonds is 1. The Hall–Kier alpha value is -3.99. The van der Waals surface area contributed by atoms with E-state index in [2.05, 4.69) is 16.9 Å². The minimum Gasteiger partial charge on any atom is -0.293 e. The molecule has 4 rings (SSSR count). The lowest BCUT2D eigenvalue weighted by atomic mass is 10.1. The van der Waals surface area contributed by atoms with E-state index in [1.54, 1.807) is 24.3 Å².